The summed E-state index contributed by atoms with van der Waals surface area (Å²) in [4.78, 5) is 12.4. The minimum Gasteiger partial charge on any atom is -0.346 e. The molecule has 1 amide bonds. The molecule has 0 atom stereocenters. The predicted octanol–water partition coefficient (Wildman–Crippen LogP) is 4.23. The minimum atomic E-state index is -0.282. The molecule has 0 aliphatic heterocycles. The zero-order valence-corrected chi connectivity index (χ0v) is 16.1. The Bertz CT molecular complexity index is 939. The van der Waals surface area contributed by atoms with Crippen molar-refractivity contribution < 1.29 is 4.79 Å². The Labute approximate surface area is 159 Å². The van der Waals surface area contributed by atoms with E-state index in [-0.39, 0.29) is 5.91 Å². The van der Waals surface area contributed by atoms with Crippen molar-refractivity contribution in [3.8, 4) is 5.69 Å². The zero-order valence-electron chi connectivity index (χ0n) is 13.8. The fourth-order valence-electron chi connectivity index (χ4n) is 2.47. The molecule has 1 heterocycles. The van der Waals surface area contributed by atoms with Crippen LogP contribution in [0, 0.1) is 13.8 Å². The Morgan fingerprint density at radius 2 is 2.04 bits per heavy atom. The molecule has 0 bridgehead atoms. The first-order chi connectivity index (χ1) is 12.0. The number of hydrogen-bond donors (Lipinski definition) is 1. The molecule has 0 radical (unpaired) electrons. The average molecular weight is 420 g/mol. The van der Waals surface area contributed by atoms with E-state index in [0.717, 1.165) is 21.3 Å². The minimum absolute atomic E-state index is 0.282. The smallest absolute Gasteiger partial charge is 0.274 e. The molecule has 0 fully saturated rings. The fourth-order valence-corrected chi connectivity index (χ4v) is 3.21. The highest BCUT2D eigenvalue weighted by Crippen LogP contribution is 2.21. The van der Waals surface area contributed by atoms with Crippen molar-refractivity contribution in [3.05, 3.63) is 74.5 Å². The van der Waals surface area contributed by atoms with E-state index >= 15 is 0 Å². The molecule has 2 aromatic carbocycles. The van der Waals surface area contributed by atoms with E-state index in [9.17, 15) is 4.79 Å². The molecule has 0 saturated heterocycles. The lowest BCUT2D eigenvalue weighted by atomic mass is 10.2. The largest absolute Gasteiger partial charge is 0.346 e. The number of nitrogens with one attached hydrogen (secondary N) is 1. The topological polar surface area (TPSA) is 59.8 Å². The summed E-state index contributed by atoms with van der Waals surface area (Å²) in [6, 6.07) is 13.4. The molecule has 5 nitrogen and oxygen atoms in total. The highest BCUT2D eigenvalue weighted by Gasteiger charge is 2.17. The normalized spacial score (nSPS) is 10.7. The molecular weight excluding hydrogens is 404 g/mol. The lowest BCUT2D eigenvalue weighted by Crippen LogP contribution is -2.24. The third-order valence-electron chi connectivity index (χ3n) is 3.81. The highest BCUT2D eigenvalue weighted by atomic mass is 79.9. The number of aromatic nitrogens is 3. The lowest BCUT2D eigenvalue weighted by Gasteiger charge is -2.07. The number of halogens is 2. The van der Waals surface area contributed by atoms with Crippen LogP contribution in [-0.4, -0.2) is 20.9 Å². The van der Waals surface area contributed by atoms with Gasteiger partial charge in [0, 0.05) is 16.0 Å². The second-order valence-electron chi connectivity index (χ2n) is 5.69. The first kappa shape index (κ1) is 17.6. The van der Waals surface area contributed by atoms with Crippen LogP contribution in [0.15, 0.2) is 46.9 Å². The summed E-state index contributed by atoms with van der Waals surface area (Å²) < 4.78 is 2.55. The van der Waals surface area contributed by atoms with E-state index in [0.29, 0.717) is 23.0 Å². The first-order valence-electron chi connectivity index (χ1n) is 7.67. The van der Waals surface area contributed by atoms with Crippen LogP contribution in [-0.2, 0) is 6.54 Å². The number of aryl methyl sites for hydroxylation is 1. The van der Waals surface area contributed by atoms with Gasteiger partial charge in [-0.15, -0.1) is 5.10 Å². The Balaban J connectivity index is 1.77. The summed E-state index contributed by atoms with van der Waals surface area (Å²) >= 11 is 9.54. The van der Waals surface area contributed by atoms with Gasteiger partial charge >= 0.3 is 0 Å². The van der Waals surface area contributed by atoms with Crippen molar-refractivity contribution in [1.82, 2.24) is 20.3 Å². The van der Waals surface area contributed by atoms with Crippen LogP contribution in [0.5, 0.6) is 0 Å². The molecule has 0 spiro atoms. The molecule has 128 valence electrons. The number of hydrogen-bond acceptors (Lipinski definition) is 3. The molecule has 7 heteroatoms. The van der Waals surface area contributed by atoms with Crippen LogP contribution in [0.4, 0.5) is 0 Å². The lowest BCUT2D eigenvalue weighted by molar-refractivity contribution is 0.0945. The Hall–Kier alpha value is -2.18. The van der Waals surface area contributed by atoms with Gasteiger partial charge in [0.15, 0.2) is 5.69 Å². The maximum absolute atomic E-state index is 12.4. The summed E-state index contributed by atoms with van der Waals surface area (Å²) in [5.74, 6) is -0.282. The molecule has 1 N–H and O–H groups in total. The molecule has 25 heavy (non-hydrogen) atoms. The molecule has 1 aromatic heterocycles. The molecular formula is C18H16BrClN4O. The predicted molar refractivity (Wildman–Crippen MR) is 101 cm³/mol. The number of amides is 1. The van der Waals surface area contributed by atoms with Gasteiger partial charge in [0.2, 0.25) is 0 Å². The van der Waals surface area contributed by atoms with Crippen molar-refractivity contribution in [3.63, 3.8) is 0 Å². The third kappa shape index (κ3) is 3.91. The molecule has 0 saturated carbocycles. The monoisotopic (exact) mass is 418 g/mol. The third-order valence-corrected chi connectivity index (χ3v) is 4.66. The van der Waals surface area contributed by atoms with E-state index < -0.39 is 0 Å². The zero-order chi connectivity index (χ0) is 18.0. The van der Waals surface area contributed by atoms with Crippen LogP contribution < -0.4 is 5.32 Å². The van der Waals surface area contributed by atoms with Crippen molar-refractivity contribution >= 4 is 33.4 Å². The fraction of sp³-hybridized carbons (Fsp3) is 0.167. The number of rotatable bonds is 4. The van der Waals surface area contributed by atoms with Gasteiger partial charge in [-0.3, -0.25) is 4.79 Å². The first-order valence-corrected chi connectivity index (χ1v) is 8.84. The van der Waals surface area contributed by atoms with Crippen LogP contribution in [0.25, 0.3) is 5.69 Å². The van der Waals surface area contributed by atoms with E-state index in [1.807, 2.05) is 50.2 Å². The molecule has 0 unspecified atom stereocenters. The van der Waals surface area contributed by atoms with Crippen LogP contribution in [0.1, 0.15) is 27.3 Å². The van der Waals surface area contributed by atoms with Crippen LogP contribution in [0.2, 0.25) is 5.02 Å². The van der Waals surface area contributed by atoms with E-state index in [1.165, 1.54) is 0 Å². The van der Waals surface area contributed by atoms with Gasteiger partial charge < -0.3 is 5.32 Å². The SMILES string of the molecule is Cc1cccc(-n2nnc(C(=O)NCc3ccc(Br)cc3Cl)c2C)c1. The van der Waals surface area contributed by atoms with Gasteiger partial charge in [0.05, 0.1) is 11.4 Å². The standard InChI is InChI=1S/C18H16BrClN4O/c1-11-4-3-5-15(8-11)24-12(2)17(22-23-24)18(25)21-10-13-6-7-14(19)9-16(13)20/h3-9H,10H2,1-2H3,(H,21,25). The Kier molecular flexibility index (Phi) is 5.20. The second-order valence-corrected chi connectivity index (χ2v) is 7.02. The van der Waals surface area contributed by atoms with Gasteiger partial charge in [-0.2, -0.15) is 0 Å². The van der Waals surface area contributed by atoms with Crippen molar-refractivity contribution in [2.75, 3.05) is 0 Å². The highest BCUT2D eigenvalue weighted by molar-refractivity contribution is 9.10. The second kappa shape index (κ2) is 7.37. The quantitative estimate of drug-likeness (QED) is 0.688. The number of benzene rings is 2. The molecule has 0 aliphatic rings. The maximum Gasteiger partial charge on any atom is 0.274 e. The Morgan fingerprint density at radius 3 is 2.76 bits per heavy atom. The number of carbonyl (C=O) groups excluding carboxylic acids is 1. The summed E-state index contributed by atoms with van der Waals surface area (Å²) in [5.41, 5.74) is 3.81. The van der Waals surface area contributed by atoms with Crippen LogP contribution in [0.3, 0.4) is 0 Å². The average Bonchev–Trinajstić information content (AvgIpc) is 2.95. The maximum atomic E-state index is 12.4. The van der Waals surface area contributed by atoms with E-state index in [2.05, 4.69) is 31.6 Å². The van der Waals surface area contributed by atoms with Crippen molar-refractivity contribution in [2.45, 2.75) is 20.4 Å². The molecule has 0 aliphatic carbocycles. The summed E-state index contributed by atoms with van der Waals surface area (Å²) in [5, 5.41) is 11.6. The number of nitrogens with zero attached hydrogens (tertiary/aromatic N) is 3. The summed E-state index contributed by atoms with van der Waals surface area (Å²) in [7, 11) is 0. The van der Waals surface area contributed by atoms with Gasteiger partial charge in [0.1, 0.15) is 0 Å². The van der Waals surface area contributed by atoms with Gasteiger partial charge in [-0.1, -0.05) is 50.9 Å². The van der Waals surface area contributed by atoms with Gasteiger partial charge in [-0.05, 0) is 49.2 Å². The Morgan fingerprint density at radius 1 is 1.24 bits per heavy atom. The summed E-state index contributed by atoms with van der Waals surface area (Å²) in [6.07, 6.45) is 0. The van der Waals surface area contributed by atoms with Crippen molar-refractivity contribution in [1.29, 1.82) is 0 Å². The van der Waals surface area contributed by atoms with E-state index in [1.54, 1.807) is 10.7 Å². The van der Waals surface area contributed by atoms with Crippen molar-refractivity contribution in [2.24, 2.45) is 0 Å². The van der Waals surface area contributed by atoms with Gasteiger partial charge in [-0.25, -0.2) is 4.68 Å². The molecule has 3 rings (SSSR count). The molecule has 3 aromatic rings. The van der Waals surface area contributed by atoms with Crippen LogP contribution >= 0.6 is 27.5 Å². The van der Waals surface area contributed by atoms with E-state index in [4.69, 9.17) is 11.6 Å². The number of carbonyl (C=O) groups is 1. The van der Waals surface area contributed by atoms with Gasteiger partial charge in [0.25, 0.3) is 5.91 Å². The summed E-state index contributed by atoms with van der Waals surface area (Å²) in [6.45, 7) is 4.15.